The van der Waals surface area contributed by atoms with Crippen molar-refractivity contribution in [1.82, 2.24) is 9.55 Å². The van der Waals surface area contributed by atoms with Crippen LogP contribution in [0.25, 0.3) is 11.4 Å². The Hall–Kier alpha value is -3.19. The molecule has 0 bridgehead atoms. The van der Waals surface area contributed by atoms with Gasteiger partial charge in [-0.05, 0) is 18.7 Å². The van der Waals surface area contributed by atoms with Gasteiger partial charge in [-0.2, -0.15) is 10.1 Å². The number of carbonyl (C=O) groups excluding carboxylic acids is 2. The van der Waals surface area contributed by atoms with Crippen LogP contribution in [0, 0.1) is 6.92 Å². The summed E-state index contributed by atoms with van der Waals surface area (Å²) in [6.45, 7) is 5.62. The van der Waals surface area contributed by atoms with E-state index in [1.807, 2.05) is 68.4 Å². The highest BCUT2D eigenvalue weighted by Crippen LogP contribution is 2.41. The molecule has 2 heterocycles. The molecule has 0 unspecified atom stereocenters. The van der Waals surface area contributed by atoms with Gasteiger partial charge in [-0.1, -0.05) is 74.0 Å². The normalized spacial score (nSPS) is 13.0. The molecule has 1 aromatic heterocycles. The monoisotopic (exact) mass is 418 g/mol. The standard InChI is InChI=1S/C23H22N4O2S/c1-4-18(28)26-20(16-13-11-15(3)12-14-16)24-21-23(26)30-22(17-9-7-6-8-10-17)25-27(21)19(29)5-2/h6-14H,4-5H2,1-3H3. The van der Waals surface area contributed by atoms with E-state index in [0.717, 1.165) is 16.7 Å². The summed E-state index contributed by atoms with van der Waals surface area (Å²) in [4.78, 5) is 30.4. The fourth-order valence-electron chi connectivity index (χ4n) is 3.18. The number of aromatic nitrogens is 2. The fourth-order valence-corrected chi connectivity index (χ4v) is 4.24. The van der Waals surface area contributed by atoms with E-state index in [9.17, 15) is 9.59 Å². The Morgan fingerprint density at radius 1 is 0.900 bits per heavy atom. The summed E-state index contributed by atoms with van der Waals surface area (Å²) in [5.74, 6) is 0.681. The smallest absolute Gasteiger partial charge is 0.248 e. The largest absolute Gasteiger partial charge is 0.274 e. The zero-order chi connectivity index (χ0) is 21.3. The van der Waals surface area contributed by atoms with Crippen LogP contribution in [0.5, 0.6) is 0 Å². The van der Waals surface area contributed by atoms with Gasteiger partial charge in [-0.15, -0.1) is 0 Å². The molecule has 0 radical (unpaired) electrons. The van der Waals surface area contributed by atoms with Crippen LogP contribution in [-0.4, -0.2) is 26.4 Å². The Balaban J connectivity index is 1.92. The number of hydrogen-bond donors (Lipinski definition) is 0. The number of rotatable bonds is 4. The minimum Gasteiger partial charge on any atom is -0.274 e. The molecule has 3 aromatic rings. The van der Waals surface area contributed by atoms with Crippen LogP contribution in [0.4, 0.5) is 5.82 Å². The first-order chi connectivity index (χ1) is 14.5. The van der Waals surface area contributed by atoms with Gasteiger partial charge in [0.15, 0.2) is 5.82 Å². The lowest BCUT2D eigenvalue weighted by Crippen LogP contribution is -2.29. The van der Waals surface area contributed by atoms with E-state index >= 15 is 0 Å². The average Bonchev–Trinajstić information content (AvgIpc) is 3.18. The molecule has 0 N–H and O–H groups in total. The molecule has 7 heteroatoms. The zero-order valence-electron chi connectivity index (χ0n) is 17.1. The summed E-state index contributed by atoms with van der Waals surface area (Å²) < 4.78 is 1.62. The number of hydrazone groups is 1. The third-order valence-corrected chi connectivity index (χ3v) is 5.89. The summed E-state index contributed by atoms with van der Waals surface area (Å²) in [6, 6.07) is 17.5. The van der Waals surface area contributed by atoms with Crippen LogP contribution < -0.4 is 5.01 Å². The molecule has 1 aliphatic heterocycles. The van der Waals surface area contributed by atoms with Crippen molar-refractivity contribution in [3.05, 3.63) is 65.7 Å². The van der Waals surface area contributed by atoms with Crippen molar-refractivity contribution in [2.75, 3.05) is 5.01 Å². The van der Waals surface area contributed by atoms with Crippen LogP contribution in [0.3, 0.4) is 0 Å². The highest BCUT2D eigenvalue weighted by Gasteiger charge is 2.33. The third-order valence-electron chi connectivity index (χ3n) is 4.82. The summed E-state index contributed by atoms with van der Waals surface area (Å²) in [5, 5.41) is 7.20. The topological polar surface area (TPSA) is 67.6 Å². The van der Waals surface area contributed by atoms with Gasteiger partial charge in [0, 0.05) is 24.0 Å². The predicted molar refractivity (Wildman–Crippen MR) is 120 cm³/mol. The van der Waals surface area contributed by atoms with Gasteiger partial charge in [-0.25, -0.2) is 4.98 Å². The van der Waals surface area contributed by atoms with Crippen LogP contribution in [-0.2, 0) is 4.79 Å². The molecule has 152 valence electrons. The molecule has 0 saturated heterocycles. The van der Waals surface area contributed by atoms with Crippen molar-refractivity contribution >= 4 is 34.4 Å². The van der Waals surface area contributed by atoms with Crippen LogP contribution in [0.1, 0.15) is 42.6 Å². The molecule has 0 fully saturated rings. The van der Waals surface area contributed by atoms with Gasteiger partial charge in [-0.3, -0.25) is 14.2 Å². The Bertz CT molecular complexity index is 1130. The summed E-state index contributed by atoms with van der Waals surface area (Å²) >= 11 is 1.37. The van der Waals surface area contributed by atoms with E-state index in [0.29, 0.717) is 28.1 Å². The molecule has 1 amide bonds. The number of hydrogen-bond acceptors (Lipinski definition) is 5. The Labute approximate surface area is 179 Å². The lowest BCUT2D eigenvalue weighted by atomic mass is 10.1. The van der Waals surface area contributed by atoms with Gasteiger partial charge >= 0.3 is 0 Å². The van der Waals surface area contributed by atoms with E-state index in [2.05, 4.69) is 5.10 Å². The van der Waals surface area contributed by atoms with Gasteiger partial charge in [0.25, 0.3) is 0 Å². The highest BCUT2D eigenvalue weighted by atomic mass is 32.2. The molecule has 1 aliphatic rings. The van der Waals surface area contributed by atoms with Crippen LogP contribution >= 0.6 is 11.8 Å². The Morgan fingerprint density at radius 2 is 1.57 bits per heavy atom. The number of amides is 1. The van der Waals surface area contributed by atoms with E-state index in [1.165, 1.54) is 16.8 Å². The van der Waals surface area contributed by atoms with Crippen molar-refractivity contribution in [3.63, 3.8) is 0 Å². The van der Waals surface area contributed by atoms with Crippen molar-refractivity contribution in [1.29, 1.82) is 0 Å². The summed E-state index contributed by atoms with van der Waals surface area (Å²) in [7, 11) is 0. The molecule has 4 rings (SSSR count). The first-order valence-corrected chi connectivity index (χ1v) is 10.7. The van der Waals surface area contributed by atoms with E-state index in [1.54, 1.807) is 11.5 Å². The second kappa shape index (κ2) is 8.28. The minimum atomic E-state index is -0.172. The second-order valence-electron chi connectivity index (χ2n) is 6.95. The Kier molecular flexibility index (Phi) is 5.55. The molecule has 0 atom stereocenters. The molecule has 0 aliphatic carbocycles. The summed E-state index contributed by atoms with van der Waals surface area (Å²) in [6.07, 6.45) is 0.603. The average molecular weight is 419 g/mol. The van der Waals surface area contributed by atoms with Crippen molar-refractivity contribution in [2.45, 2.75) is 38.6 Å². The minimum absolute atomic E-state index is 0.0787. The number of nitrogens with zero attached hydrogens (tertiary/aromatic N) is 4. The first-order valence-electron chi connectivity index (χ1n) is 9.91. The number of aryl methyl sites for hydroxylation is 1. The maximum atomic E-state index is 13.0. The van der Waals surface area contributed by atoms with Crippen molar-refractivity contribution < 1.29 is 9.59 Å². The number of anilines is 1. The summed E-state index contributed by atoms with van der Waals surface area (Å²) in [5.41, 5.74) is 2.83. The third kappa shape index (κ3) is 3.57. The van der Waals surface area contributed by atoms with Crippen LogP contribution in [0.15, 0.2) is 64.7 Å². The maximum absolute atomic E-state index is 13.0. The predicted octanol–water partition coefficient (Wildman–Crippen LogP) is 5.12. The molecule has 2 aromatic carbocycles. The highest BCUT2D eigenvalue weighted by molar-refractivity contribution is 8.14. The molecule has 0 saturated carbocycles. The molecule has 6 nitrogen and oxygen atoms in total. The van der Waals surface area contributed by atoms with E-state index < -0.39 is 0 Å². The quantitative estimate of drug-likeness (QED) is 0.590. The number of carbonyl (C=O) groups is 2. The lowest BCUT2D eigenvalue weighted by molar-refractivity contribution is -0.118. The number of benzene rings is 2. The first kappa shape index (κ1) is 20.1. The lowest BCUT2D eigenvalue weighted by Gasteiger charge is -2.22. The SMILES string of the molecule is CCC(=O)N1N=C(c2ccccc2)Sc2c1nc(-c1ccc(C)cc1)n2C(=O)CC. The second-order valence-corrected chi connectivity index (χ2v) is 7.92. The van der Waals surface area contributed by atoms with E-state index in [4.69, 9.17) is 4.98 Å². The van der Waals surface area contributed by atoms with Crippen molar-refractivity contribution in [3.8, 4) is 11.4 Å². The molecule has 30 heavy (non-hydrogen) atoms. The van der Waals surface area contributed by atoms with Gasteiger partial charge in [0.1, 0.15) is 15.9 Å². The zero-order valence-corrected chi connectivity index (χ0v) is 17.9. The van der Waals surface area contributed by atoms with Gasteiger partial charge in [0.2, 0.25) is 11.8 Å². The number of fused-ring (bicyclic) bond motifs is 1. The van der Waals surface area contributed by atoms with Crippen molar-refractivity contribution in [2.24, 2.45) is 5.10 Å². The maximum Gasteiger partial charge on any atom is 0.248 e. The Morgan fingerprint density at radius 3 is 2.20 bits per heavy atom. The van der Waals surface area contributed by atoms with E-state index in [-0.39, 0.29) is 18.2 Å². The fraction of sp³-hybridized carbons (Fsp3) is 0.217. The molecular formula is C23H22N4O2S. The van der Waals surface area contributed by atoms with Gasteiger partial charge < -0.3 is 0 Å². The number of imidazole rings is 1. The van der Waals surface area contributed by atoms with Gasteiger partial charge in [0.05, 0.1) is 0 Å². The molecule has 0 spiro atoms. The van der Waals surface area contributed by atoms with Crippen LogP contribution in [0.2, 0.25) is 0 Å². The molecular weight excluding hydrogens is 396 g/mol. The number of thioether (sulfide) groups is 1.